The van der Waals surface area contributed by atoms with E-state index >= 15 is 0 Å². The van der Waals surface area contributed by atoms with E-state index < -0.39 is 0 Å². The Balaban J connectivity index is 1.66. The van der Waals surface area contributed by atoms with Crippen LogP contribution in [0.15, 0.2) is 36.5 Å². The van der Waals surface area contributed by atoms with Gasteiger partial charge in [-0.3, -0.25) is 4.90 Å². The smallest absolute Gasteiger partial charge is 0.125 e. The van der Waals surface area contributed by atoms with Gasteiger partial charge < -0.3 is 5.73 Å². The molecule has 112 valence electrons. The number of benzene rings is 1. The van der Waals surface area contributed by atoms with Crippen molar-refractivity contribution in [2.24, 2.45) is 11.7 Å². The van der Waals surface area contributed by atoms with Crippen molar-refractivity contribution in [3.8, 4) is 5.69 Å². The van der Waals surface area contributed by atoms with Gasteiger partial charge in [-0.05, 0) is 50.1 Å². The fraction of sp³-hybridized carbons (Fsp3) is 0.438. The average molecular weight is 288 g/mol. The predicted molar refractivity (Wildman–Crippen MR) is 80.6 cm³/mol. The molecule has 2 unspecified atom stereocenters. The molecule has 0 amide bonds. The second-order valence-corrected chi connectivity index (χ2v) is 5.87. The van der Waals surface area contributed by atoms with Gasteiger partial charge in [0.1, 0.15) is 5.82 Å². The van der Waals surface area contributed by atoms with Gasteiger partial charge in [-0.1, -0.05) is 6.07 Å². The van der Waals surface area contributed by atoms with E-state index in [0.29, 0.717) is 5.92 Å². The van der Waals surface area contributed by atoms with Gasteiger partial charge in [0.2, 0.25) is 0 Å². The molecule has 5 heteroatoms. The van der Waals surface area contributed by atoms with E-state index in [1.54, 1.807) is 10.7 Å². The summed E-state index contributed by atoms with van der Waals surface area (Å²) in [6, 6.07) is 8.70. The summed E-state index contributed by atoms with van der Waals surface area (Å²) in [6.07, 6.45) is 3.03. The first-order chi connectivity index (χ1) is 10.1. The largest absolute Gasteiger partial charge is 0.328 e. The molecule has 2 N–H and O–H groups in total. The third kappa shape index (κ3) is 3.31. The summed E-state index contributed by atoms with van der Waals surface area (Å²) < 4.78 is 15.0. The Bertz CT molecular complexity index is 608. The number of hydrogen-bond acceptors (Lipinski definition) is 3. The minimum Gasteiger partial charge on any atom is -0.328 e. The van der Waals surface area contributed by atoms with Gasteiger partial charge in [0, 0.05) is 25.3 Å². The van der Waals surface area contributed by atoms with Gasteiger partial charge >= 0.3 is 0 Å². The highest BCUT2D eigenvalue weighted by molar-refractivity contribution is 5.31. The average Bonchev–Trinajstić information content (AvgIpc) is 3.08. The van der Waals surface area contributed by atoms with E-state index in [0.717, 1.165) is 37.4 Å². The topological polar surface area (TPSA) is 47.1 Å². The summed E-state index contributed by atoms with van der Waals surface area (Å²) in [5, 5.41) is 4.53. The number of nitrogens with zero attached hydrogens (tertiary/aromatic N) is 3. The Labute approximate surface area is 124 Å². The number of rotatable bonds is 4. The molecule has 3 rings (SSSR count). The molecule has 4 nitrogen and oxygen atoms in total. The molecular weight excluding hydrogens is 267 g/mol. The molecular formula is C16H21FN4. The van der Waals surface area contributed by atoms with Crippen molar-refractivity contribution >= 4 is 0 Å². The molecule has 2 aromatic rings. The maximum absolute atomic E-state index is 13.2. The van der Waals surface area contributed by atoms with Gasteiger partial charge in [0.05, 0.1) is 11.4 Å². The second kappa shape index (κ2) is 5.95. The van der Waals surface area contributed by atoms with Crippen LogP contribution in [0.4, 0.5) is 4.39 Å². The quantitative estimate of drug-likeness (QED) is 0.938. The summed E-state index contributed by atoms with van der Waals surface area (Å²) in [4.78, 5) is 2.38. The maximum atomic E-state index is 13.2. The summed E-state index contributed by atoms with van der Waals surface area (Å²) in [5.41, 5.74) is 7.72. The third-order valence-electron chi connectivity index (χ3n) is 4.16. The molecule has 2 heterocycles. The van der Waals surface area contributed by atoms with Gasteiger partial charge in [-0.25, -0.2) is 9.07 Å². The minimum absolute atomic E-state index is 0.246. The SMILES string of the molecule is CC(N)C1CCN(Cc2ccn(-c3cccc(F)c3)n2)C1. The van der Waals surface area contributed by atoms with Crippen molar-refractivity contribution in [3.05, 3.63) is 48.0 Å². The second-order valence-electron chi connectivity index (χ2n) is 5.87. The van der Waals surface area contributed by atoms with Gasteiger partial charge in [0.25, 0.3) is 0 Å². The molecule has 1 aliphatic rings. The standard InChI is InChI=1S/C16H21FN4/c1-12(18)13-5-7-20(10-13)11-15-6-8-21(19-15)16-4-2-3-14(17)9-16/h2-4,6,8-9,12-13H,5,7,10-11,18H2,1H3. The van der Waals surface area contributed by atoms with Crippen LogP contribution >= 0.6 is 0 Å². The van der Waals surface area contributed by atoms with E-state index in [1.807, 2.05) is 18.3 Å². The van der Waals surface area contributed by atoms with Crippen molar-refractivity contribution in [2.75, 3.05) is 13.1 Å². The zero-order valence-electron chi connectivity index (χ0n) is 12.2. The fourth-order valence-electron chi connectivity index (χ4n) is 2.87. The fourth-order valence-corrected chi connectivity index (χ4v) is 2.87. The number of hydrogen-bond donors (Lipinski definition) is 1. The molecule has 1 aliphatic heterocycles. The number of nitrogens with two attached hydrogens (primary N) is 1. The van der Waals surface area contributed by atoms with Crippen LogP contribution in [0.25, 0.3) is 5.69 Å². The molecule has 0 bridgehead atoms. The molecule has 0 aliphatic carbocycles. The summed E-state index contributed by atoms with van der Waals surface area (Å²) in [6.45, 7) is 5.00. The lowest BCUT2D eigenvalue weighted by Gasteiger charge is -2.16. The number of halogens is 1. The van der Waals surface area contributed by atoms with Gasteiger partial charge in [0.15, 0.2) is 0 Å². The van der Waals surface area contributed by atoms with E-state index in [-0.39, 0.29) is 11.9 Å². The van der Waals surface area contributed by atoms with Crippen molar-refractivity contribution in [2.45, 2.75) is 25.9 Å². The van der Waals surface area contributed by atoms with Crippen LogP contribution in [-0.2, 0) is 6.54 Å². The molecule has 0 spiro atoms. The normalized spacial score (nSPS) is 20.8. The number of likely N-dealkylation sites (tertiary alicyclic amines) is 1. The van der Waals surface area contributed by atoms with Crippen molar-refractivity contribution in [1.29, 1.82) is 0 Å². The first kappa shape index (κ1) is 14.2. The zero-order valence-corrected chi connectivity index (χ0v) is 12.2. The molecule has 21 heavy (non-hydrogen) atoms. The Morgan fingerprint density at radius 3 is 3.00 bits per heavy atom. The lowest BCUT2D eigenvalue weighted by molar-refractivity contribution is 0.304. The van der Waals surface area contributed by atoms with E-state index in [1.165, 1.54) is 12.1 Å². The highest BCUT2D eigenvalue weighted by Crippen LogP contribution is 2.20. The van der Waals surface area contributed by atoms with Crippen molar-refractivity contribution < 1.29 is 4.39 Å². The van der Waals surface area contributed by atoms with Crippen LogP contribution in [0.3, 0.4) is 0 Å². The third-order valence-corrected chi connectivity index (χ3v) is 4.16. The zero-order chi connectivity index (χ0) is 14.8. The van der Waals surface area contributed by atoms with Crippen LogP contribution in [-0.4, -0.2) is 33.8 Å². The van der Waals surface area contributed by atoms with Crippen LogP contribution in [0.1, 0.15) is 19.0 Å². The van der Waals surface area contributed by atoms with E-state index in [4.69, 9.17) is 5.73 Å². The van der Waals surface area contributed by atoms with Crippen LogP contribution < -0.4 is 5.73 Å². The first-order valence-electron chi connectivity index (χ1n) is 7.40. The Kier molecular flexibility index (Phi) is 4.03. The molecule has 2 atom stereocenters. The van der Waals surface area contributed by atoms with E-state index in [2.05, 4.69) is 16.9 Å². The Morgan fingerprint density at radius 2 is 2.29 bits per heavy atom. The first-order valence-corrected chi connectivity index (χ1v) is 7.40. The molecule has 0 radical (unpaired) electrons. The molecule has 1 aromatic heterocycles. The van der Waals surface area contributed by atoms with Gasteiger partial charge in [-0.2, -0.15) is 5.10 Å². The highest BCUT2D eigenvalue weighted by atomic mass is 19.1. The molecule has 1 saturated heterocycles. The van der Waals surface area contributed by atoms with Crippen LogP contribution in [0, 0.1) is 11.7 Å². The minimum atomic E-state index is -0.246. The highest BCUT2D eigenvalue weighted by Gasteiger charge is 2.25. The van der Waals surface area contributed by atoms with Crippen LogP contribution in [0.5, 0.6) is 0 Å². The monoisotopic (exact) mass is 288 g/mol. The Hall–Kier alpha value is -1.72. The lowest BCUT2D eigenvalue weighted by Crippen LogP contribution is -2.29. The summed E-state index contributed by atoms with van der Waals surface area (Å²) in [5.74, 6) is 0.333. The van der Waals surface area contributed by atoms with Crippen molar-refractivity contribution in [1.82, 2.24) is 14.7 Å². The molecule has 1 aromatic carbocycles. The summed E-state index contributed by atoms with van der Waals surface area (Å²) >= 11 is 0. The predicted octanol–water partition coefficient (Wildman–Crippen LogP) is 2.18. The van der Waals surface area contributed by atoms with Crippen molar-refractivity contribution in [3.63, 3.8) is 0 Å². The maximum Gasteiger partial charge on any atom is 0.125 e. The number of aromatic nitrogens is 2. The molecule has 0 saturated carbocycles. The Morgan fingerprint density at radius 1 is 1.43 bits per heavy atom. The molecule has 1 fully saturated rings. The summed E-state index contributed by atoms with van der Waals surface area (Å²) in [7, 11) is 0. The van der Waals surface area contributed by atoms with E-state index in [9.17, 15) is 4.39 Å². The van der Waals surface area contributed by atoms with Crippen LogP contribution in [0.2, 0.25) is 0 Å². The van der Waals surface area contributed by atoms with Gasteiger partial charge in [-0.15, -0.1) is 0 Å². The lowest BCUT2D eigenvalue weighted by atomic mass is 10.0.